The molecule has 0 spiro atoms. The average molecular weight is 520 g/mol. The zero-order valence-electron chi connectivity index (χ0n) is 23.1. The van der Waals surface area contributed by atoms with Crippen molar-refractivity contribution in [3.8, 4) is 0 Å². The van der Waals surface area contributed by atoms with Crippen molar-refractivity contribution < 1.29 is 19.1 Å². The summed E-state index contributed by atoms with van der Waals surface area (Å²) in [6.07, 6.45) is 0.496. The molecule has 3 aliphatic rings. The summed E-state index contributed by atoms with van der Waals surface area (Å²) in [4.78, 5) is 33.4. The summed E-state index contributed by atoms with van der Waals surface area (Å²) in [5.41, 5.74) is 1.48. The minimum absolute atomic E-state index is 0.0313. The summed E-state index contributed by atoms with van der Waals surface area (Å²) < 4.78 is 11.3. The summed E-state index contributed by atoms with van der Waals surface area (Å²) in [7, 11) is 0. The highest BCUT2D eigenvalue weighted by molar-refractivity contribution is 5.84. The first-order chi connectivity index (χ1) is 18.2. The number of benzene rings is 2. The molecule has 2 aromatic rings. The van der Waals surface area contributed by atoms with Gasteiger partial charge < -0.3 is 19.3 Å². The Morgan fingerprint density at radius 1 is 0.921 bits per heavy atom. The molecule has 3 saturated heterocycles. The van der Waals surface area contributed by atoms with E-state index in [1.54, 1.807) is 0 Å². The third-order valence-corrected chi connectivity index (χ3v) is 8.32. The SMILES string of the molecule is CCC1(C(=O)N2CCN3[C@H](CN(C(=O)OC(C)(C)C)C[C@H]3C(c3ccccc3)c3ccccc3)C2)COC1. The van der Waals surface area contributed by atoms with E-state index in [9.17, 15) is 9.59 Å². The van der Waals surface area contributed by atoms with E-state index in [0.717, 1.165) is 13.0 Å². The largest absolute Gasteiger partial charge is 0.444 e. The second-order valence-electron chi connectivity index (χ2n) is 12.0. The van der Waals surface area contributed by atoms with Crippen molar-refractivity contribution >= 4 is 12.0 Å². The Hall–Kier alpha value is -2.90. The number of fused-ring (bicyclic) bond motifs is 1. The van der Waals surface area contributed by atoms with Crippen LogP contribution in [-0.2, 0) is 14.3 Å². The Morgan fingerprint density at radius 2 is 1.50 bits per heavy atom. The second-order valence-corrected chi connectivity index (χ2v) is 12.0. The van der Waals surface area contributed by atoms with Crippen LogP contribution in [0.2, 0.25) is 0 Å². The number of amides is 2. The van der Waals surface area contributed by atoms with Gasteiger partial charge in [-0.25, -0.2) is 4.79 Å². The minimum Gasteiger partial charge on any atom is -0.444 e. The number of hydrogen-bond acceptors (Lipinski definition) is 5. The van der Waals surface area contributed by atoms with Gasteiger partial charge in [-0.2, -0.15) is 0 Å². The van der Waals surface area contributed by atoms with Crippen LogP contribution in [0.4, 0.5) is 4.79 Å². The van der Waals surface area contributed by atoms with Gasteiger partial charge in [0.2, 0.25) is 5.91 Å². The number of carbonyl (C=O) groups excluding carboxylic acids is 2. The van der Waals surface area contributed by atoms with Gasteiger partial charge in [0.15, 0.2) is 0 Å². The lowest BCUT2D eigenvalue weighted by atomic mass is 9.80. The number of piperazine rings is 2. The van der Waals surface area contributed by atoms with Crippen molar-refractivity contribution in [1.82, 2.24) is 14.7 Å². The van der Waals surface area contributed by atoms with Gasteiger partial charge in [-0.1, -0.05) is 67.6 Å². The van der Waals surface area contributed by atoms with Gasteiger partial charge in [0.1, 0.15) is 5.60 Å². The zero-order valence-corrected chi connectivity index (χ0v) is 23.1. The van der Waals surface area contributed by atoms with E-state index in [2.05, 4.69) is 60.4 Å². The molecule has 3 fully saturated rings. The monoisotopic (exact) mass is 519 g/mol. The number of carbonyl (C=O) groups is 2. The van der Waals surface area contributed by atoms with Crippen LogP contribution in [0.3, 0.4) is 0 Å². The molecule has 0 unspecified atom stereocenters. The molecule has 0 N–H and O–H groups in total. The van der Waals surface area contributed by atoms with E-state index >= 15 is 0 Å². The standard InChI is InChI=1S/C31H41N3O4/c1-5-31(21-37-22-31)28(35)32-16-17-34-25(18-32)19-33(29(36)38-30(2,3)4)20-26(34)27(23-12-8-6-9-13-23)24-14-10-7-11-15-24/h6-15,25-27H,5,16-22H2,1-4H3/t25-,26-/m0/s1. The fourth-order valence-corrected chi connectivity index (χ4v) is 6.21. The van der Waals surface area contributed by atoms with Gasteiger partial charge in [-0.3, -0.25) is 9.69 Å². The Balaban J connectivity index is 1.48. The molecule has 0 aliphatic carbocycles. The minimum atomic E-state index is -0.575. The molecule has 3 aliphatic heterocycles. The molecule has 7 nitrogen and oxygen atoms in total. The average Bonchev–Trinajstić information content (AvgIpc) is 2.88. The highest BCUT2D eigenvalue weighted by atomic mass is 16.6. The lowest BCUT2D eigenvalue weighted by Crippen LogP contribution is -2.69. The van der Waals surface area contributed by atoms with Crippen LogP contribution >= 0.6 is 0 Å². The fourth-order valence-electron chi connectivity index (χ4n) is 6.21. The van der Waals surface area contributed by atoms with E-state index in [1.807, 2.05) is 42.7 Å². The molecule has 0 saturated carbocycles. The third-order valence-electron chi connectivity index (χ3n) is 8.32. The Labute approximate surface area is 226 Å². The van der Waals surface area contributed by atoms with Crippen LogP contribution in [-0.4, -0.2) is 90.3 Å². The highest BCUT2D eigenvalue weighted by Gasteiger charge is 2.50. The second kappa shape index (κ2) is 10.7. The van der Waals surface area contributed by atoms with Gasteiger partial charge in [0.05, 0.1) is 18.6 Å². The maximum Gasteiger partial charge on any atom is 0.410 e. The molecule has 0 aromatic heterocycles. The van der Waals surface area contributed by atoms with Crippen molar-refractivity contribution in [1.29, 1.82) is 0 Å². The molecule has 204 valence electrons. The molecule has 2 aromatic carbocycles. The maximum absolute atomic E-state index is 13.6. The predicted molar refractivity (Wildman–Crippen MR) is 147 cm³/mol. The topological polar surface area (TPSA) is 62.3 Å². The highest BCUT2D eigenvalue weighted by Crippen LogP contribution is 2.38. The van der Waals surface area contributed by atoms with E-state index in [-0.39, 0.29) is 30.0 Å². The smallest absolute Gasteiger partial charge is 0.410 e. The van der Waals surface area contributed by atoms with Gasteiger partial charge in [-0.05, 0) is 38.3 Å². The molecule has 5 rings (SSSR count). The van der Waals surface area contributed by atoms with Crippen molar-refractivity contribution in [2.24, 2.45) is 5.41 Å². The van der Waals surface area contributed by atoms with Crippen molar-refractivity contribution in [3.05, 3.63) is 71.8 Å². The first-order valence-electron chi connectivity index (χ1n) is 13.9. The summed E-state index contributed by atoms with van der Waals surface area (Å²) in [6.45, 7) is 12.0. The first-order valence-corrected chi connectivity index (χ1v) is 13.9. The number of nitrogens with zero attached hydrogens (tertiary/aromatic N) is 3. The van der Waals surface area contributed by atoms with Crippen LogP contribution in [0, 0.1) is 5.41 Å². The maximum atomic E-state index is 13.6. The van der Waals surface area contributed by atoms with Crippen LogP contribution in [0.1, 0.15) is 51.2 Å². The molecular weight excluding hydrogens is 478 g/mol. The Bertz CT molecular complexity index is 1070. The molecule has 3 heterocycles. The number of ether oxygens (including phenoxy) is 2. The molecule has 2 amide bonds. The van der Waals surface area contributed by atoms with Crippen molar-refractivity contribution in [3.63, 3.8) is 0 Å². The zero-order chi connectivity index (χ0) is 26.9. The van der Waals surface area contributed by atoms with Crippen molar-refractivity contribution in [2.45, 2.75) is 57.7 Å². The lowest BCUT2D eigenvalue weighted by Gasteiger charge is -2.54. The number of rotatable bonds is 5. The first kappa shape index (κ1) is 26.7. The molecular formula is C31H41N3O4. The van der Waals surface area contributed by atoms with Gasteiger partial charge in [0, 0.05) is 50.7 Å². The summed E-state index contributed by atoms with van der Waals surface area (Å²) in [5, 5.41) is 0. The number of hydrogen-bond donors (Lipinski definition) is 0. The molecule has 2 atom stereocenters. The summed E-state index contributed by atoms with van der Waals surface area (Å²) >= 11 is 0. The Morgan fingerprint density at radius 3 is 2.00 bits per heavy atom. The van der Waals surface area contributed by atoms with Gasteiger partial charge in [-0.15, -0.1) is 0 Å². The summed E-state index contributed by atoms with van der Waals surface area (Å²) in [5.74, 6) is 0.272. The molecule has 0 bridgehead atoms. The van der Waals surface area contributed by atoms with Crippen molar-refractivity contribution in [2.75, 3.05) is 45.9 Å². The van der Waals surface area contributed by atoms with Crippen LogP contribution < -0.4 is 0 Å². The van der Waals surface area contributed by atoms with E-state index in [1.165, 1.54) is 11.1 Å². The molecule has 38 heavy (non-hydrogen) atoms. The van der Waals surface area contributed by atoms with Crippen LogP contribution in [0.15, 0.2) is 60.7 Å². The molecule has 0 radical (unpaired) electrons. The molecule has 7 heteroatoms. The Kier molecular flexibility index (Phi) is 7.51. The third kappa shape index (κ3) is 5.32. The van der Waals surface area contributed by atoms with Gasteiger partial charge >= 0.3 is 6.09 Å². The summed E-state index contributed by atoms with van der Waals surface area (Å²) in [6, 6.07) is 21.2. The lowest BCUT2D eigenvalue weighted by molar-refractivity contribution is -0.177. The van der Waals surface area contributed by atoms with E-state index in [4.69, 9.17) is 9.47 Å². The quantitative estimate of drug-likeness (QED) is 0.587. The van der Waals surface area contributed by atoms with Crippen LogP contribution in [0.5, 0.6) is 0 Å². The fraction of sp³-hybridized carbons (Fsp3) is 0.548. The normalized spacial score (nSPS) is 23.5. The van der Waals surface area contributed by atoms with E-state index < -0.39 is 11.0 Å². The predicted octanol–water partition coefficient (Wildman–Crippen LogP) is 4.38. The van der Waals surface area contributed by atoms with Crippen LogP contribution in [0.25, 0.3) is 0 Å². The van der Waals surface area contributed by atoms with E-state index in [0.29, 0.717) is 39.4 Å². The van der Waals surface area contributed by atoms with Gasteiger partial charge in [0.25, 0.3) is 0 Å².